The van der Waals surface area contributed by atoms with Crippen LogP contribution in [0.2, 0.25) is 0 Å². The summed E-state index contributed by atoms with van der Waals surface area (Å²) in [6.07, 6.45) is 2.21. The Balaban J connectivity index is 2.51. The molecule has 0 spiro atoms. The number of allylic oxidation sites excluding steroid dienone is 2. The van der Waals surface area contributed by atoms with Crippen LogP contribution < -0.4 is 5.22 Å². The molecule has 0 aliphatic heterocycles. The van der Waals surface area contributed by atoms with E-state index in [2.05, 4.69) is 82.0 Å². The van der Waals surface area contributed by atoms with E-state index < -0.39 is 0 Å². The Morgan fingerprint density at radius 1 is 0.870 bits per heavy atom. The van der Waals surface area contributed by atoms with Crippen LogP contribution in [-0.2, 0) is 0 Å². The van der Waals surface area contributed by atoms with Crippen LogP contribution in [0.3, 0.4) is 0 Å². The van der Waals surface area contributed by atoms with E-state index in [0.29, 0.717) is 0 Å². The highest BCUT2D eigenvalue weighted by atomic mass is 14.2. The third kappa shape index (κ3) is 1.85. The first kappa shape index (κ1) is 14.0. The number of hydrogen-bond acceptors (Lipinski definition) is 0. The van der Waals surface area contributed by atoms with Gasteiger partial charge in [0, 0.05) is 0 Å². The van der Waals surface area contributed by atoms with E-state index in [1.807, 2.05) is 0 Å². The molecular weight excluding hydrogens is 276 g/mol. The van der Waals surface area contributed by atoms with Crippen LogP contribution in [0.25, 0.3) is 44.5 Å². The fraction of sp³-hybridized carbons (Fsp3) is 0.130. The first-order valence-electron chi connectivity index (χ1n) is 8.12. The van der Waals surface area contributed by atoms with E-state index in [-0.39, 0.29) is 0 Å². The molecule has 0 N–H and O–H groups in total. The second kappa shape index (κ2) is 4.96. The van der Waals surface area contributed by atoms with Gasteiger partial charge in [-0.15, -0.1) is 0 Å². The van der Waals surface area contributed by atoms with E-state index in [1.54, 1.807) is 0 Å². The summed E-state index contributed by atoms with van der Waals surface area (Å²) in [5.41, 5.74) is 3.98. The van der Waals surface area contributed by atoms with Crippen molar-refractivity contribution in [2.45, 2.75) is 20.8 Å². The maximum atomic E-state index is 4.34. The van der Waals surface area contributed by atoms with Gasteiger partial charge in [0.1, 0.15) is 0 Å². The van der Waals surface area contributed by atoms with Crippen molar-refractivity contribution in [1.82, 2.24) is 0 Å². The highest BCUT2D eigenvalue weighted by molar-refractivity contribution is 6.26. The molecular formula is C23H20. The van der Waals surface area contributed by atoms with Crippen LogP contribution in [0, 0.1) is 6.92 Å². The Morgan fingerprint density at radius 2 is 1.57 bits per heavy atom. The lowest BCUT2D eigenvalue weighted by atomic mass is 9.85. The molecule has 0 unspecified atom stereocenters. The molecule has 4 aromatic rings. The summed E-state index contributed by atoms with van der Waals surface area (Å²) in [5, 5.41) is 9.07. The molecule has 0 radical (unpaired) electrons. The number of aryl methyl sites for hydroxylation is 1. The van der Waals surface area contributed by atoms with Gasteiger partial charge in [-0.25, -0.2) is 0 Å². The Labute approximate surface area is 136 Å². The van der Waals surface area contributed by atoms with Gasteiger partial charge in [-0.2, -0.15) is 0 Å². The van der Waals surface area contributed by atoms with Gasteiger partial charge in [-0.05, 0) is 75.0 Å². The summed E-state index contributed by atoms with van der Waals surface area (Å²) >= 11 is 0. The van der Waals surface area contributed by atoms with Gasteiger partial charge >= 0.3 is 0 Å². The number of rotatable bonds is 1. The van der Waals surface area contributed by atoms with E-state index in [0.717, 1.165) is 5.22 Å². The molecule has 0 aromatic heterocycles. The van der Waals surface area contributed by atoms with Crippen molar-refractivity contribution in [3.63, 3.8) is 0 Å². The summed E-state index contributed by atoms with van der Waals surface area (Å²) in [7, 11) is 0. The van der Waals surface area contributed by atoms with E-state index in [9.17, 15) is 0 Å². The summed E-state index contributed by atoms with van der Waals surface area (Å²) in [4.78, 5) is 0. The van der Waals surface area contributed by atoms with Crippen LogP contribution in [0.5, 0.6) is 0 Å². The Kier molecular flexibility index (Phi) is 3.02. The van der Waals surface area contributed by atoms with Crippen molar-refractivity contribution in [2.75, 3.05) is 0 Å². The number of benzene rings is 4. The first-order valence-corrected chi connectivity index (χ1v) is 8.12. The summed E-state index contributed by atoms with van der Waals surface area (Å²) in [6, 6.07) is 17.5. The van der Waals surface area contributed by atoms with Crippen LogP contribution in [-0.4, -0.2) is 0 Å². The van der Waals surface area contributed by atoms with Crippen molar-refractivity contribution in [3.05, 3.63) is 71.0 Å². The predicted molar refractivity (Wildman–Crippen MR) is 104 cm³/mol. The topological polar surface area (TPSA) is 0 Å². The smallest absolute Gasteiger partial charge is 0.00205 e. The van der Waals surface area contributed by atoms with Gasteiger partial charge in [-0.3, -0.25) is 0 Å². The van der Waals surface area contributed by atoms with Crippen molar-refractivity contribution in [2.24, 2.45) is 0 Å². The van der Waals surface area contributed by atoms with Crippen LogP contribution in [0.4, 0.5) is 0 Å². The molecule has 0 saturated carbocycles. The zero-order valence-electron chi connectivity index (χ0n) is 13.9. The lowest BCUT2D eigenvalue weighted by molar-refractivity contribution is 1.51. The molecule has 0 aliphatic rings. The summed E-state index contributed by atoms with van der Waals surface area (Å²) in [6.45, 7) is 10.9. The van der Waals surface area contributed by atoms with Crippen molar-refractivity contribution < 1.29 is 0 Å². The van der Waals surface area contributed by atoms with E-state index in [4.69, 9.17) is 0 Å². The van der Waals surface area contributed by atoms with Crippen LogP contribution in [0.1, 0.15) is 25.0 Å². The van der Waals surface area contributed by atoms with E-state index in [1.165, 1.54) is 49.0 Å². The van der Waals surface area contributed by atoms with Gasteiger partial charge in [-0.1, -0.05) is 61.2 Å². The van der Waals surface area contributed by atoms with Crippen LogP contribution >= 0.6 is 0 Å². The standard InChI is InChI=1S/C23H20/c1-5-14(2)21-20-15(3)8-6-10-18(20)19-11-7-9-17-13-12-16(4)22(21)23(17)19/h5-13H,4H2,1-3H3/b14-5-. The molecule has 0 bridgehead atoms. The highest BCUT2D eigenvalue weighted by Crippen LogP contribution is 2.39. The van der Waals surface area contributed by atoms with Gasteiger partial charge in [0.2, 0.25) is 0 Å². The molecule has 0 heterocycles. The van der Waals surface area contributed by atoms with Gasteiger partial charge < -0.3 is 0 Å². The zero-order chi connectivity index (χ0) is 16.1. The minimum absolute atomic E-state index is 1.11. The minimum atomic E-state index is 1.11. The Hall–Kier alpha value is -2.60. The Bertz CT molecular complexity index is 1140. The highest BCUT2D eigenvalue weighted by Gasteiger charge is 2.15. The molecule has 0 fully saturated rings. The normalized spacial score (nSPS) is 12.6. The quantitative estimate of drug-likeness (QED) is 0.298. The van der Waals surface area contributed by atoms with Crippen molar-refractivity contribution >= 4 is 44.5 Å². The molecule has 4 rings (SSSR count). The van der Waals surface area contributed by atoms with Gasteiger partial charge in [0.05, 0.1) is 0 Å². The average Bonchev–Trinajstić information content (AvgIpc) is 2.57. The van der Waals surface area contributed by atoms with E-state index >= 15 is 0 Å². The fourth-order valence-corrected chi connectivity index (χ4v) is 3.82. The third-order valence-electron chi connectivity index (χ3n) is 5.02. The lowest BCUT2D eigenvalue weighted by Crippen LogP contribution is -2.04. The van der Waals surface area contributed by atoms with Crippen LogP contribution in [0.15, 0.2) is 54.6 Å². The average molecular weight is 296 g/mol. The molecule has 0 nitrogen and oxygen atoms in total. The lowest BCUT2D eigenvalue weighted by Gasteiger charge is -2.18. The molecule has 0 atom stereocenters. The Morgan fingerprint density at radius 3 is 2.30 bits per heavy atom. The second-order valence-electron chi connectivity index (χ2n) is 6.35. The minimum Gasteiger partial charge on any atom is -0.0911 e. The fourth-order valence-electron chi connectivity index (χ4n) is 3.82. The molecule has 23 heavy (non-hydrogen) atoms. The van der Waals surface area contributed by atoms with Crippen molar-refractivity contribution in [3.8, 4) is 0 Å². The molecule has 0 heteroatoms. The number of fused-ring (bicyclic) bond motifs is 2. The third-order valence-corrected chi connectivity index (χ3v) is 5.02. The molecule has 0 aliphatic carbocycles. The van der Waals surface area contributed by atoms with Gasteiger partial charge in [0.15, 0.2) is 0 Å². The zero-order valence-corrected chi connectivity index (χ0v) is 13.9. The SMILES string of the molecule is C=c1ccc2cccc3c4cccc(C)c4c(/C(C)=C\C)c1c23. The summed E-state index contributed by atoms with van der Waals surface area (Å²) < 4.78 is 0. The maximum absolute atomic E-state index is 4.34. The second-order valence-corrected chi connectivity index (χ2v) is 6.35. The van der Waals surface area contributed by atoms with Gasteiger partial charge in [0.25, 0.3) is 0 Å². The molecule has 4 aromatic carbocycles. The predicted octanol–water partition coefficient (Wildman–Crippen LogP) is 6.01. The van der Waals surface area contributed by atoms with Crippen molar-refractivity contribution in [1.29, 1.82) is 0 Å². The first-order chi connectivity index (χ1) is 11.1. The maximum Gasteiger partial charge on any atom is -0.00205 e. The molecule has 112 valence electrons. The molecule has 0 amide bonds. The monoisotopic (exact) mass is 296 g/mol. The summed E-state index contributed by atoms with van der Waals surface area (Å²) in [5.74, 6) is 0. The molecule has 0 saturated heterocycles. The number of hydrogen-bond donors (Lipinski definition) is 0. The largest absolute Gasteiger partial charge is 0.0911 e.